The molecule has 0 amide bonds. The predicted molar refractivity (Wildman–Crippen MR) is 77.4 cm³/mol. The van der Waals surface area contributed by atoms with Gasteiger partial charge in [0.15, 0.2) is 5.78 Å². The lowest BCUT2D eigenvalue weighted by Gasteiger charge is -2.37. The first-order chi connectivity index (χ1) is 9.24. The fraction of sp³-hybridized carbons (Fsp3) is 0.588. The highest BCUT2D eigenvalue weighted by Crippen LogP contribution is 2.36. The number of fused-ring (bicyclic) bond motifs is 1. The van der Waals surface area contributed by atoms with E-state index in [1.165, 1.54) is 37.7 Å². The molecule has 102 valence electrons. The van der Waals surface area contributed by atoms with Gasteiger partial charge in [0.1, 0.15) is 0 Å². The molecule has 0 bridgehead atoms. The van der Waals surface area contributed by atoms with E-state index in [2.05, 4.69) is 4.90 Å². The Hall–Kier alpha value is -1.15. The van der Waals surface area contributed by atoms with Crippen molar-refractivity contribution in [1.29, 1.82) is 0 Å². The van der Waals surface area contributed by atoms with Gasteiger partial charge in [-0.15, -0.1) is 0 Å². The Morgan fingerprint density at radius 3 is 2.95 bits per heavy atom. The summed E-state index contributed by atoms with van der Waals surface area (Å²) in [4.78, 5) is 14.9. The number of hydrogen-bond acceptors (Lipinski definition) is 2. The average Bonchev–Trinajstić information content (AvgIpc) is 2.88. The minimum atomic E-state index is 0.288. The Balaban J connectivity index is 1.69. The maximum atomic E-state index is 12.4. The van der Waals surface area contributed by atoms with Gasteiger partial charge in [-0.05, 0) is 51.1 Å². The van der Waals surface area contributed by atoms with Crippen LogP contribution >= 0.6 is 0 Å². The molecule has 1 heterocycles. The number of hydrogen-bond donors (Lipinski definition) is 0. The van der Waals surface area contributed by atoms with E-state index in [9.17, 15) is 4.79 Å². The topological polar surface area (TPSA) is 20.3 Å². The van der Waals surface area contributed by atoms with Crippen molar-refractivity contribution in [1.82, 2.24) is 4.90 Å². The summed E-state index contributed by atoms with van der Waals surface area (Å²) in [6.45, 7) is 3.77. The number of carbonyl (C=O) groups excluding carboxylic acids is 1. The molecule has 1 aromatic carbocycles. The molecule has 1 aromatic rings. The third-order valence-electron chi connectivity index (χ3n) is 4.79. The van der Waals surface area contributed by atoms with Crippen molar-refractivity contribution in [3.05, 3.63) is 35.4 Å². The Morgan fingerprint density at radius 2 is 2.11 bits per heavy atom. The van der Waals surface area contributed by atoms with Crippen LogP contribution in [-0.2, 0) is 0 Å². The summed E-state index contributed by atoms with van der Waals surface area (Å²) < 4.78 is 0. The second-order valence-corrected chi connectivity index (χ2v) is 6.16. The summed E-state index contributed by atoms with van der Waals surface area (Å²) in [5.41, 5.74) is 2.04. The first-order valence-electron chi connectivity index (χ1n) is 7.58. The van der Waals surface area contributed by atoms with Crippen LogP contribution < -0.4 is 0 Å². The summed E-state index contributed by atoms with van der Waals surface area (Å²) in [7, 11) is 0. The van der Waals surface area contributed by atoms with Crippen LogP contribution in [0.15, 0.2) is 24.3 Å². The number of Topliss-reactive ketones (excluding diaryl/α,β-unsaturated/α-hetero) is 1. The molecular formula is C17H23NO. The van der Waals surface area contributed by atoms with Crippen molar-refractivity contribution < 1.29 is 4.79 Å². The number of carbonyl (C=O) groups is 1. The maximum Gasteiger partial charge on any atom is 0.176 e. The number of piperidine rings is 1. The molecule has 0 spiro atoms. The van der Waals surface area contributed by atoms with Gasteiger partial charge in [-0.3, -0.25) is 9.69 Å². The lowest BCUT2D eigenvalue weighted by Crippen LogP contribution is -2.45. The van der Waals surface area contributed by atoms with Gasteiger partial charge in [-0.25, -0.2) is 0 Å². The van der Waals surface area contributed by atoms with E-state index < -0.39 is 0 Å². The number of aryl methyl sites for hydroxylation is 1. The molecule has 0 N–H and O–H groups in total. The molecule has 1 saturated heterocycles. The number of likely N-dealkylation sites (tertiary alicyclic amines) is 1. The first kappa shape index (κ1) is 12.9. The van der Waals surface area contributed by atoms with Gasteiger partial charge >= 0.3 is 0 Å². The molecule has 2 fully saturated rings. The highest BCUT2D eigenvalue weighted by molar-refractivity contribution is 5.97. The van der Waals surface area contributed by atoms with Crippen LogP contribution in [0.25, 0.3) is 0 Å². The summed E-state index contributed by atoms with van der Waals surface area (Å²) in [5, 5.41) is 0. The molecule has 1 saturated carbocycles. The molecule has 3 rings (SSSR count). The van der Waals surface area contributed by atoms with Gasteiger partial charge in [-0.2, -0.15) is 0 Å². The van der Waals surface area contributed by atoms with Crippen LogP contribution in [0.5, 0.6) is 0 Å². The molecule has 2 aliphatic rings. The van der Waals surface area contributed by atoms with Crippen molar-refractivity contribution in [2.24, 2.45) is 5.92 Å². The number of nitrogens with zero attached hydrogens (tertiary/aromatic N) is 1. The normalized spacial score (nSPS) is 27.2. The minimum Gasteiger partial charge on any atom is -0.293 e. The van der Waals surface area contributed by atoms with E-state index in [0.717, 1.165) is 18.0 Å². The van der Waals surface area contributed by atoms with Crippen LogP contribution in [0, 0.1) is 12.8 Å². The summed E-state index contributed by atoms with van der Waals surface area (Å²) in [5.74, 6) is 1.15. The number of rotatable bonds is 3. The van der Waals surface area contributed by atoms with Gasteiger partial charge in [0.05, 0.1) is 6.54 Å². The molecule has 2 atom stereocenters. The maximum absolute atomic E-state index is 12.4. The molecule has 0 aromatic heterocycles. The van der Waals surface area contributed by atoms with Crippen molar-refractivity contribution >= 4 is 5.78 Å². The molecule has 2 unspecified atom stereocenters. The Kier molecular flexibility index (Phi) is 3.69. The second kappa shape index (κ2) is 5.46. The Labute approximate surface area is 115 Å². The largest absolute Gasteiger partial charge is 0.293 e. The molecular weight excluding hydrogens is 234 g/mol. The molecule has 0 radical (unpaired) electrons. The zero-order chi connectivity index (χ0) is 13.2. The van der Waals surface area contributed by atoms with Gasteiger partial charge in [0.2, 0.25) is 0 Å². The van der Waals surface area contributed by atoms with Gasteiger partial charge in [0.25, 0.3) is 0 Å². The van der Waals surface area contributed by atoms with Crippen LogP contribution in [0.3, 0.4) is 0 Å². The standard InChI is InChI=1S/C17H23NO/c1-13-5-2-7-15(11-13)17(19)12-18-10-4-8-14-6-3-9-16(14)18/h2,5,7,11,14,16H,3-4,6,8-10,12H2,1H3. The van der Waals surface area contributed by atoms with Gasteiger partial charge in [-0.1, -0.05) is 30.2 Å². The summed E-state index contributed by atoms with van der Waals surface area (Å²) in [6, 6.07) is 8.67. The number of ketones is 1. The second-order valence-electron chi connectivity index (χ2n) is 6.16. The third kappa shape index (κ3) is 2.74. The lowest BCUT2D eigenvalue weighted by atomic mass is 9.91. The molecule has 1 aliphatic heterocycles. The fourth-order valence-corrected chi connectivity index (χ4v) is 3.85. The zero-order valence-corrected chi connectivity index (χ0v) is 11.8. The minimum absolute atomic E-state index is 0.288. The van der Waals surface area contributed by atoms with Crippen LogP contribution in [-0.4, -0.2) is 29.8 Å². The van der Waals surface area contributed by atoms with Crippen molar-refractivity contribution in [3.8, 4) is 0 Å². The van der Waals surface area contributed by atoms with E-state index in [-0.39, 0.29) is 5.78 Å². The number of benzene rings is 1. The molecule has 1 aliphatic carbocycles. The fourth-order valence-electron chi connectivity index (χ4n) is 3.85. The van der Waals surface area contributed by atoms with Crippen molar-refractivity contribution in [3.63, 3.8) is 0 Å². The van der Waals surface area contributed by atoms with E-state index in [0.29, 0.717) is 12.6 Å². The van der Waals surface area contributed by atoms with E-state index in [1.54, 1.807) is 0 Å². The van der Waals surface area contributed by atoms with Crippen molar-refractivity contribution in [2.75, 3.05) is 13.1 Å². The summed E-state index contributed by atoms with van der Waals surface area (Å²) >= 11 is 0. The molecule has 2 heteroatoms. The molecule has 2 nitrogen and oxygen atoms in total. The highest BCUT2D eigenvalue weighted by Gasteiger charge is 2.35. The van der Waals surface area contributed by atoms with Gasteiger partial charge < -0.3 is 0 Å². The zero-order valence-electron chi connectivity index (χ0n) is 11.8. The van der Waals surface area contributed by atoms with E-state index in [4.69, 9.17) is 0 Å². The van der Waals surface area contributed by atoms with Crippen LogP contribution in [0.2, 0.25) is 0 Å². The Morgan fingerprint density at radius 1 is 1.26 bits per heavy atom. The van der Waals surface area contributed by atoms with E-state index >= 15 is 0 Å². The molecule has 19 heavy (non-hydrogen) atoms. The van der Waals surface area contributed by atoms with Crippen LogP contribution in [0.1, 0.15) is 48.0 Å². The highest BCUT2D eigenvalue weighted by atomic mass is 16.1. The third-order valence-corrected chi connectivity index (χ3v) is 4.79. The van der Waals surface area contributed by atoms with E-state index in [1.807, 2.05) is 31.2 Å². The summed E-state index contributed by atoms with van der Waals surface area (Å²) in [6.07, 6.45) is 6.66. The smallest absolute Gasteiger partial charge is 0.176 e. The Bertz CT molecular complexity index is 468. The van der Waals surface area contributed by atoms with Gasteiger partial charge in [0, 0.05) is 11.6 Å². The lowest BCUT2D eigenvalue weighted by molar-refractivity contribution is 0.0777. The van der Waals surface area contributed by atoms with Crippen LogP contribution in [0.4, 0.5) is 0 Å². The quantitative estimate of drug-likeness (QED) is 0.773. The average molecular weight is 257 g/mol. The van der Waals surface area contributed by atoms with Crippen molar-refractivity contribution in [2.45, 2.75) is 45.1 Å². The first-order valence-corrected chi connectivity index (χ1v) is 7.58. The SMILES string of the molecule is Cc1cccc(C(=O)CN2CCCC3CCCC32)c1. The monoisotopic (exact) mass is 257 g/mol. The predicted octanol–water partition coefficient (Wildman–Crippen LogP) is 3.44.